The van der Waals surface area contributed by atoms with Crippen molar-refractivity contribution in [2.24, 2.45) is 0 Å². The Morgan fingerprint density at radius 1 is 1.53 bits per heavy atom. The highest BCUT2D eigenvalue weighted by Crippen LogP contribution is 2.28. The van der Waals surface area contributed by atoms with Gasteiger partial charge in [0, 0.05) is 17.8 Å². The van der Waals surface area contributed by atoms with Gasteiger partial charge in [0.15, 0.2) is 5.75 Å². The predicted octanol–water partition coefficient (Wildman–Crippen LogP) is 3.17. The Morgan fingerprint density at radius 3 is 2.88 bits per heavy atom. The van der Waals surface area contributed by atoms with E-state index >= 15 is 0 Å². The molecule has 0 atom stereocenters. The molecule has 5 nitrogen and oxygen atoms in total. The van der Waals surface area contributed by atoms with Crippen LogP contribution < -0.4 is 4.74 Å². The van der Waals surface area contributed by atoms with Crippen molar-refractivity contribution in [2.45, 2.75) is 18.2 Å². The average Bonchev–Trinajstić information content (AvgIpc) is 2.34. The lowest BCUT2D eigenvalue weighted by Crippen LogP contribution is -2.00. The first kappa shape index (κ1) is 13.5. The van der Waals surface area contributed by atoms with Crippen molar-refractivity contribution in [1.29, 1.82) is 5.26 Å². The quantitative estimate of drug-likeness (QED) is 0.350. The van der Waals surface area contributed by atoms with Gasteiger partial charge < -0.3 is 4.74 Å². The van der Waals surface area contributed by atoms with Gasteiger partial charge in [-0.1, -0.05) is 22.0 Å². The van der Waals surface area contributed by atoms with Crippen LogP contribution in [0.4, 0.5) is 5.69 Å². The van der Waals surface area contributed by atoms with Gasteiger partial charge in [-0.15, -0.1) is 0 Å². The van der Waals surface area contributed by atoms with Crippen LogP contribution in [0, 0.1) is 21.4 Å². The Morgan fingerprint density at radius 2 is 2.29 bits per heavy atom. The molecular weight excluding hydrogens is 288 g/mol. The standard InChI is InChI=1S/C11H11BrN2O3/c12-8-9-3-4-11(10(7-9)14(15)16)17-6-2-1-5-13/h3-4,7H,1-2,6,8H2. The van der Waals surface area contributed by atoms with E-state index < -0.39 is 4.92 Å². The summed E-state index contributed by atoms with van der Waals surface area (Å²) in [6.45, 7) is 0.308. The van der Waals surface area contributed by atoms with Crippen molar-refractivity contribution >= 4 is 21.6 Å². The molecule has 0 aromatic heterocycles. The Bertz CT molecular complexity index is 443. The first-order chi connectivity index (χ1) is 8.19. The molecule has 0 aliphatic rings. The zero-order valence-corrected chi connectivity index (χ0v) is 10.6. The molecule has 0 saturated carbocycles. The van der Waals surface area contributed by atoms with Crippen LogP contribution in [0.5, 0.6) is 5.75 Å². The average molecular weight is 299 g/mol. The molecule has 0 saturated heterocycles. The summed E-state index contributed by atoms with van der Waals surface area (Å²) in [6.07, 6.45) is 0.946. The zero-order chi connectivity index (χ0) is 12.7. The molecule has 90 valence electrons. The van der Waals surface area contributed by atoms with Crippen LogP contribution in [0.25, 0.3) is 0 Å². The van der Waals surface area contributed by atoms with E-state index in [1.165, 1.54) is 6.07 Å². The number of unbranched alkanes of at least 4 members (excludes halogenated alkanes) is 1. The third-order valence-corrected chi connectivity index (χ3v) is 2.71. The van der Waals surface area contributed by atoms with E-state index in [0.29, 0.717) is 24.8 Å². The SMILES string of the molecule is N#CCCCOc1ccc(CBr)cc1[N+](=O)[O-]. The normalized spacial score (nSPS) is 9.65. The third-order valence-electron chi connectivity index (χ3n) is 2.06. The van der Waals surface area contributed by atoms with E-state index in [4.69, 9.17) is 10.00 Å². The molecule has 0 aliphatic carbocycles. The summed E-state index contributed by atoms with van der Waals surface area (Å²) in [5, 5.41) is 19.8. The first-order valence-corrected chi connectivity index (χ1v) is 6.14. The minimum atomic E-state index is -0.466. The summed E-state index contributed by atoms with van der Waals surface area (Å²) in [6, 6.07) is 6.82. The fraction of sp³-hybridized carbons (Fsp3) is 0.364. The third kappa shape index (κ3) is 4.04. The Hall–Kier alpha value is -1.61. The minimum absolute atomic E-state index is 0.0427. The molecule has 0 heterocycles. The van der Waals surface area contributed by atoms with Gasteiger partial charge in [-0.3, -0.25) is 10.1 Å². The molecule has 1 aromatic rings. The van der Waals surface area contributed by atoms with Crippen molar-refractivity contribution in [3.05, 3.63) is 33.9 Å². The van der Waals surface area contributed by atoms with Crippen molar-refractivity contribution in [3.63, 3.8) is 0 Å². The van der Waals surface area contributed by atoms with E-state index in [1.807, 2.05) is 6.07 Å². The van der Waals surface area contributed by atoms with Crippen LogP contribution in [-0.4, -0.2) is 11.5 Å². The highest BCUT2D eigenvalue weighted by atomic mass is 79.9. The number of alkyl halides is 1. The van der Waals surface area contributed by atoms with Crippen molar-refractivity contribution in [2.75, 3.05) is 6.61 Å². The molecule has 0 amide bonds. The van der Waals surface area contributed by atoms with Crippen LogP contribution >= 0.6 is 15.9 Å². The Labute approximate surface area is 107 Å². The van der Waals surface area contributed by atoms with E-state index in [1.54, 1.807) is 12.1 Å². The molecule has 1 rings (SSSR count). The van der Waals surface area contributed by atoms with Gasteiger partial charge in [0.1, 0.15) is 0 Å². The zero-order valence-electron chi connectivity index (χ0n) is 9.06. The van der Waals surface area contributed by atoms with E-state index in [0.717, 1.165) is 5.56 Å². The lowest BCUT2D eigenvalue weighted by molar-refractivity contribution is -0.385. The first-order valence-electron chi connectivity index (χ1n) is 5.02. The second-order valence-corrected chi connectivity index (χ2v) is 3.86. The maximum atomic E-state index is 10.8. The molecule has 0 bridgehead atoms. The maximum absolute atomic E-state index is 10.8. The van der Waals surface area contributed by atoms with Crippen LogP contribution in [0.2, 0.25) is 0 Å². The number of halogens is 1. The number of nitro benzene ring substituents is 1. The van der Waals surface area contributed by atoms with Crippen LogP contribution in [-0.2, 0) is 5.33 Å². The monoisotopic (exact) mass is 298 g/mol. The number of nitriles is 1. The second kappa shape index (κ2) is 6.86. The maximum Gasteiger partial charge on any atom is 0.311 e. The molecule has 0 N–H and O–H groups in total. The van der Waals surface area contributed by atoms with E-state index in [-0.39, 0.29) is 11.4 Å². The summed E-state index contributed by atoms with van der Waals surface area (Å²) < 4.78 is 5.29. The summed E-state index contributed by atoms with van der Waals surface area (Å²) in [5.41, 5.74) is 0.778. The lowest BCUT2D eigenvalue weighted by Gasteiger charge is -2.06. The number of ether oxygens (including phenoxy) is 1. The van der Waals surface area contributed by atoms with Gasteiger partial charge in [0.05, 0.1) is 17.6 Å². The largest absolute Gasteiger partial charge is 0.487 e. The molecule has 17 heavy (non-hydrogen) atoms. The topological polar surface area (TPSA) is 76.2 Å². The highest BCUT2D eigenvalue weighted by molar-refractivity contribution is 9.08. The Kier molecular flexibility index (Phi) is 5.43. The van der Waals surface area contributed by atoms with Gasteiger partial charge in [0.25, 0.3) is 0 Å². The summed E-state index contributed by atoms with van der Waals surface area (Å²) in [4.78, 5) is 10.4. The molecule has 6 heteroatoms. The number of nitrogens with zero attached hydrogens (tertiary/aromatic N) is 2. The molecule has 0 unspecified atom stereocenters. The predicted molar refractivity (Wildman–Crippen MR) is 66.1 cm³/mol. The fourth-order valence-corrected chi connectivity index (χ4v) is 1.59. The molecular formula is C11H11BrN2O3. The van der Waals surface area contributed by atoms with Crippen LogP contribution in [0.3, 0.4) is 0 Å². The molecule has 0 aliphatic heterocycles. The van der Waals surface area contributed by atoms with Crippen molar-refractivity contribution < 1.29 is 9.66 Å². The number of rotatable bonds is 6. The van der Waals surface area contributed by atoms with Gasteiger partial charge >= 0.3 is 5.69 Å². The molecule has 0 spiro atoms. The second-order valence-electron chi connectivity index (χ2n) is 3.30. The van der Waals surface area contributed by atoms with Gasteiger partial charge in [-0.05, 0) is 18.1 Å². The smallest absolute Gasteiger partial charge is 0.311 e. The van der Waals surface area contributed by atoms with E-state index in [9.17, 15) is 10.1 Å². The fourth-order valence-electron chi connectivity index (χ4n) is 1.24. The molecule has 0 radical (unpaired) electrons. The van der Waals surface area contributed by atoms with Gasteiger partial charge in [-0.2, -0.15) is 5.26 Å². The number of hydrogen-bond acceptors (Lipinski definition) is 4. The lowest BCUT2D eigenvalue weighted by atomic mass is 10.2. The molecule has 0 fully saturated rings. The number of nitro groups is 1. The van der Waals surface area contributed by atoms with Crippen molar-refractivity contribution in [1.82, 2.24) is 0 Å². The summed E-state index contributed by atoms with van der Waals surface area (Å²) in [7, 11) is 0. The molecule has 1 aromatic carbocycles. The van der Waals surface area contributed by atoms with Crippen LogP contribution in [0.1, 0.15) is 18.4 Å². The number of benzene rings is 1. The van der Waals surface area contributed by atoms with E-state index in [2.05, 4.69) is 15.9 Å². The van der Waals surface area contributed by atoms with Crippen LogP contribution in [0.15, 0.2) is 18.2 Å². The van der Waals surface area contributed by atoms with Gasteiger partial charge in [0.2, 0.25) is 0 Å². The highest BCUT2D eigenvalue weighted by Gasteiger charge is 2.15. The Balaban J connectivity index is 2.77. The van der Waals surface area contributed by atoms with Crippen molar-refractivity contribution in [3.8, 4) is 11.8 Å². The minimum Gasteiger partial charge on any atom is -0.487 e. The number of hydrogen-bond donors (Lipinski definition) is 0. The summed E-state index contributed by atoms with van der Waals surface area (Å²) in [5.74, 6) is 0.248. The van der Waals surface area contributed by atoms with Gasteiger partial charge in [-0.25, -0.2) is 0 Å². The summed E-state index contributed by atoms with van der Waals surface area (Å²) >= 11 is 3.24.